The number of fused-ring (bicyclic) bond motifs is 1. The van der Waals surface area contributed by atoms with E-state index in [1.165, 1.54) is 11.1 Å². The van der Waals surface area contributed by atoms with Crippen LogP contribution in [0, 0.1) is 5.92 Å². The Morgan fingerprint density at radius 1 is 0.838 bits per heavy atom. The molecule has 1 saturated carbocycles. The number of nitrogens with zero attached hydrogens (tertiary/aromatic N) is 3. The van der Waals surface area contributed by atoms with Crippen LogP contribution in [0.1, 0.15) is 31.2 Å². The summed E-state index contributed by atoms with van der Waals surface area (Å²) in [6.45, 7) is 0.741. The van der Waals surface area contributed by atoms with Crippen LogP contribution in [0.3, 0.4) is 0 Å². The Labute approximate surface area is 219 Å². The van der Waals surface area contributed by atoms with Crippen LogP contribution in [-0.2, 0) is 11.2 Å². The Morgan fingerprint density at radius 3 is 2.24 bits per heavy atom. The smallest absolute Gasteiger partial charge is 0.225 e. The molecule has 6 heteroatoms. The molecule has 1 aliphatic carbocycles. The fourth-order valence-corrected chi connectivity index (χ4v) is 5.11. The monoisotopic (exact) mass is 493 g/mol. The number of hydrogen-bond donors (Lipinski definition) is 2. The number of nitrogens with one attached hydrogen (secondary N) is 2. The fraction of sp³-hybridized carbons (Fsp3) is 0.323. The lowest BCUT2D eigenvalue weighted by Gasteiger charge is -2.29. The molecule has 0 aliphatic heterocycles. The Bertz CT molecular complexity index is 1330. The molecule has 0 saturated heterocycles. The number of benzene rings is 3. The van der Waals surface area contributed by atoms with Gasteiger partial charge in [0.25, 0.3) is 0 Å². The maximum atomic E-state index is 12.6. The maximum absolute atomic E-state index is 12.6. The number of anilines is 2. The highest BCUT2D eigenvalue weighted by molar-refractivity contribution is 5.90. The van der Waals surface area contributed by atoms with Crippen LogP contribution in [0.2, 0.25) is 0 Å². The van der Waals surface area contributed by atoms with E-state index >= 15 is 0 Å². The van der Waals surface area contributed by atoms with Gasteiger partial charge in [-0.2, -0.15) is 4.98 Å². The van der Waals surface area contributed by atoms with Crippen LogP contribution >= 0.6 is 0 Å². The molecule has 1 fully saturated rings. The van der Waals surface area contributed by atoms with Crippen molar-refractivity contribution in [3.8, 4) is 11.1 Å². The molecule has 0 bridgehead atoms. The van der Waals surface area contributed by atoms with Gasteiger partial charge >= 0.3 is 0 Å². The lowest BCUT2D eigenvalue weighted by Crippen LogP contribution is -2.34. The minimum Gasteiger partial charge on any atom is -0.362 e. The van der Waals surface area contributed by atoms with Crippen molar-refractivity contribution in [1.29, 1.82) is 0 Å². The van der Waals surface area contributed by atoms with Crippen molar-refractivity contribution in [3.63, 3.8) is 0 Å². The molecule has 5 rings (SSSR count). The summed E-state index contributed by atoms with van der Waals surface area (Å²) in [5.41, 5.74) is 4.35. The van der Waals surface area contributed by atoms with Crippen LogP contribution < -0.4 is 15.5 Å². The van der Waals surface area contributed by atoms with Crippen LogP contribution in [0.15, 0.2) is 78.9 Å². The molecule has 4 aromatic rings. The summed E-state index contributed by atoms with van der Waals surface area (Å²) in [7, 11) is 4.02. The Balaban J connectivity index is 1.08. The van der Waals surface area contributed by atoms with Crippen molar-refractivity contribution in [2.45, 2.75) is 38.1 Å². The highest BCUT2D eigenvalue weighted by atomic mass is 16.1. The standard InChI is InChI=1S/C31H35N5O/c1-36(2)30-27-10-6-7-11-28(27)34-31(35-30)33-26-18-14-23(15-19-26)21-32-29(37)20-22-12-16-25(17-13-22)24-8-4-3-5-9-24/h3-13,16-17,23,26H,14-15,18-21H2,1-2H3,(H,32,37)(H,33,34,35)/t23-,26+. The molecular formula is C31H35N5O. The van der Waals surface area contributed by atoms with E-state index in [4.69, 9.17) is 9.97 Å². The van der Waals surface area contributed by atoms with Crippen molar-refractivity contribution in [1.82, 2.24) is 15.3 Å². The lowest BCUT2D eigenvalue weighted by molar-refractivity contribution is -0.120. The number of hydrogen-bond acceptors (Lipinski definition) is 5. The molecule has 1 amide bonds. The van der Waals surface area contributed by atoms with E-state index in [9.17, 15) is 4.79 Å². The molecule has 1 aromatic heterocycles. The summed E-state index contributed by atoms with van der Waals surface area (Å²) >= 11 is 0. The fourth-order valence-electron chi connectivity index (χ4n) is 5.11. The Hall–Kier alpha value is -3.93. The predicted molar refractivity (Wildman–Crippen MR) is 152 cm³/mol. The van der Waals surface area contributed by atoms with Crippen LogP contribution in [0.5, 0.6) is 0 Å². The van der Waals surface area contributed by atoms with Gasteiger partial charge in [0.1, 0.15) is 5.82 Å². The summed E-state index contributed by atoms with van der Waals surface area (Å²) in [4.78, 5) is 24.1. The first-order valence-electron chi connectivity index (χ1n) is 13.2. The number of rotatable bonds is 8. The molecule has 0 unspecified atom stereocenters. The molecule has 3 aromatic carbocycles. The molecular weight excluding hydrogens is 458 g/mol. The topological polar surface area (TPSA) is 70.2 Å². The van der Waals surface area contributed by atoms with E-state index in [-0.39, 0.29) is 5.91 Å². The van der Waals surface area contributed by atoms with Crippen molar-refractivity contribution in [2.75, 3.05) is 30.9 Å². The highest BCUT2D eigenvalue weighted by Gasteiger charge is 2.22. The largest absolute Gasteiger partial charge is 0.362 e. The van der Waals surface area contributed by atoms with Gasteiger partial charge in [-0.05, 0) is 60.4 Å². The van der Waals surface area contributed by atoms with E-state index in [1.54, 1.807) is 0 Å². The van der Waals surface area contributed by atoms with Crippen LogP contribution in [0.4, 0.5) is 11.8 Å². The average Bonchev–Trinajstić information content (AvgIpc) is 2.93. The van der Waals surface area contributed by atoms with Gasteiger partial charge < -0.3 is 15.5 Å². The first-order chi connectivity index (χ1) is 18.0. The number of para-hydroxylation sites is 1. The SMILES string of the molecule is CN(C)c1nc(N[C@H]2CC[C@@H](CNC(=O)Cc3ccc(-c4ccccc4)cc3)CC2)nc2ccccc12. The van der Waals surface area contributed by atoms with Gasteiger partial charge in [-0.25, -0.2) is 4.98 Å². The third-order valence-corrected chi connectivity index (χ3v) is 7.20. The molecule has 2 N–H and O–H groups in total. The Morgan fingerprint density at radius 2 is 1.51 bits per heavy atom. The van der Waals surface area contributed by atoms with Crippen LogP contribution in [-0.4, -0.2) is 42.6 Å². The van der Waals surface area contributed by atoms with Gasteiger partial charge in [0.05, 0.1) is 11.9 Å². The molecule has 1 heterocycles. The summed E-state index contributed by atoms with van der Waals surface area (Å²) in [6.07, 6.45) is 4.68. The molecule has 0 atom stereocenters. The number of amides is 1. The second kappa shape index (κ2) is 11.4. The average molecular weight is 494 g/mol. The van der Waals surface area contributed by atoms with E-state index in [2.05, 4.69) is 53.1 Å². The van der Waals surface area contributed by atoms with Crippen molar-refractivity contribution < 1.29 is 4.79 Å². The number of carbonyl (C=O) groups is 1. The Kier molecular flexibility index (Phi) is 7.64. The van der Waals surface area contributed by atoms with Gasteiger partial charge in [-0.15, -0.1) is 0 Å². The summed E-state index contributed by atoms with van der Waals surface area (Å²) in [5, 5.41) is 7.79. The van der Waals surface area contributed by atoms with Gasteiger partial charge in [-0.1, -0.05) is 66.7 Å². The van der Waals surface area contributed by atoms with Crippen molar-refractivity contribution in [2.24, 2.45) is 5.92 Å². The highest BCUT2D eigenvalue weighted by Crippen LogP contribution is 2.28. The van der Waals surface area contributed by atoms with E-state index < -0.39 is 0 Å². The first kappa shape index (κ1) is 24.8. The van der Waals surface area contributed by atoms with Crippen molar-refractivity contribution in [3.05, 3.63) is 84.4 Å². The first-order valence-corrected chi connectivity index (χ1v) is 13.2. The van der Waals surface area contributed by atoms with E-state index in [0.29, 0.717) is 24.3 Å². The molecule has 0 spiro atoms. The third-order valence-electron chi connectivity index (χ3n) is 7.20. The van der Waals surface area contributed by atoms with Gasteiger partial charge in [0.15, 0.2) is 0 Å². The van der Waals surface area contributed by atoms with E-state index in [0.717, 1.165) is 54.5 Å². The lowest BCUT2D eigenvalue weighted by atomic mass is 9.86. The normalized spacial score (nSPS) is 17.4. The third kappa shape index (κ3) is 6.26. The van der Waals surface area contributed by atoms with Crippen molar-refractivity contribution >= 4 is 28.6 Å². The second-order valence-corrected chi connectivity index (χ2v) is 10.2. The molecule has 6 nitrogen and oxygen atoms in total. The maximum Gasteiger partial charge on any atom is 0.225 e. The van der Waals surface area contributed by atoms with Gasteiger partial charge in [0, 0.05) is 32.1 Å². The molecule has 190 valence electrons. The van der Waals surface area contributed by atoms with Gasteiger partial charge in [-0.3, -0.25) is 4.79 Å². The zero-order valence-corrected chi connectivity index (χ0v) is 21.7. The summed E-state index contributed by atoms with van der Waals surface area (Å²) in [6, 6.07) is 27.1. The second-order valence-electron chi connectivity index (χ2n) is 10.2. The van der Waals surface area contributed by atoms with Gasteiger partial charge in [0.2, 0.25) is 11.9 Å². The molecule has 1 aliphatic rings. The zero-order valence-electron chi connectivity index (χ0n) is 21.7. The minimum absolute atomic E-state index is 0.0912. The number of aromatic nitrogens is 2. The number of carbonyl (C=O) groups excluding carboxylic acids is 1. The molecule has 37 heavy (non-hydrogen) atoms. The quantitative estimate of drug-likeness (QED) is 0.330. The summed E-state index contributed by atoms with van der Waals surface area (Å²) in [5.74, 6) is 2.22. The minimum atomic E-state index is 0.0912. The van der Waals surface area contributed by atoms with Crippen LogP contribution in [0.25, 0.3) is 22.0 Å². The zero-order chi connectivity index (χ0) is 25.6. The molecule has 0 radical (unpaired) electrons. The summed E-state index contributed by atoms with van der Waals surface area (Å²) < 4.78 is 0. The van der Waals surface area contributed by atoms with E-state index in [1.807, 2.05) is 55.4 Å². The predicted octanol–water partition coefficient (Wildman–Crippen LogP) is 5.69.